The highest BCUT2D eigenvalue weighted by molar-refractivity contribution is 6.29. The zero-order chi connectivity index (χ0) is 15.0. The molecule has 1 fully saturated rings. The van der Waals surface area contributed by atoms with Crippen molar-refractivity contribution < 1.29 is 13.9 Å². The van der Waals surface area contributed by atoms with Crippen molar-refractivity contribution >= 4 is 17.5 Å². The molecule has 2 atom stereocenters. The highest BCUT2D eigenvalue weighted by atomic mass is 35.5. The van der Waals surface area contributed by atoms with Crippen LogP contribution in [-0.4, -0.2) is 52.1 Å². The predicted molar refractivity (Wildman–Crippen MR) is 74.2 cm³/mol. The maximum Gasteiger partial charge on any atom is 0.289 e. The van der Waals surface area contributed by atoms with Crippen LogP contribution in [0.1, 0.15) is 22.2 Å². The number of rotatable bonds is 3. The summed E-state index contributed by atoms with van der Waals surface area (Å²) in [5.74, 6) is 0.0306. The maximum absolute atomic E-state index is 12.4. The van der Waals surface area contributed by atoms with Gasteiger partial charge in [-0.1, -0.05) is 5.21 Å². The van der Waals surface area contributed by atoms with Gasteiger partial charge in [-0.2, -0.15) is 0 Å². The number of nitrogens with zero attached hydrogens (tertiary/aromatic N) is 4. The SMILES string of the molecule is CO[C@@H]1CN(C(=O)c2ccc(Cl)o2)C[C@H]1c1cn(C)nn1. The first-order chi connectivity index (χ1) is 10.1. The molecule has 0 aliphatic carbocycles. The minimum Gasteiger partial charge on any atom is -0.440 e. The number of methoxy groups -OCH3 is 1. The van der Waals surface area contributed by atoms with Gasteiger partial charge in [-0.25, -0.2) is 0 Å². The molecule has 1 aliphatic heterocycles. The van der Waals surface area contributed by atoms with E-state index in [0.717, 1.165) is 5.69 Å². The highest BCUT2D eigenvalue weighted by Gasteiger charge is 2.38. The summed E-state index contributed by atoms with van der Waals surface area (Å²) in [6.07, 6.45) is 1.73. The summed E-state index contributed by atoms with van der Waals surface area (Å²) >= 11 is 5.71. The minimum atomic E-state index is -0.199. The Morgan fingerprint density at radius 2 is 2.29 bits per heavy atom. The van der Waals surface area contributed by atoms with E-state index in [-0.39, 0.29) is 28.9 Å². The van der Waals surface area contributed by atoms with Gasteiger partial charge >= 0.3 is 0 Å². The molecular weight excluding hydrogens is 296 g/mol. The van der Waals surface area contributed by atoms with Crippen molar-refractivity contribution in [3.63, 3.8) is 0 Å². The molecule has 0 N–H and O–H groups in total. The smallest absolute Gasteiger partial charge is 0.289 e. The predicted octanol–water partition coefficient (Wildman–Crippen LogP) is 1.32. The third-order valence-electron chi connectivity index (χ3n) is 3.64. The second kappa shape index (κ2) is 5.50. The third kappa shape index (κ3) is 2.66. The van der Waals surface area contributed by atoms with E-state index in [0.29, 0.717) is 13.1 Å². The number of aromatic nitrogens is 3. The molecule has 21 heavy (non-hydrogen) atoms. The van der Waals surface area contributed by atoms with Crippen LogP contribution in [0.4, 0.5) is 0 Å². The van der Waals surface area contributed by atoms with E-state index in [1.54, 1.807) is 35.9 Å². The molecule has 0 spiro atoms. The zero-order valence-electron chi connectivity index (χ0n) is 11.7. The van der Waals surface area contributed by atoms with Gasteiger partial charge < -0.3 is 14.1 Å². The molecule has 112 valence electrons. The lowest BCUT2D eigenvalue weighted by molar-refractivity contribution is 0.0688. The Morgan fingerprint density at radius 1 is 1.48 bits per heavy atom. The molecule has 0 radical (unpaired) electrons. The number of amides is 1. The number of hydrogen-bond donors (Lipinski definition) is 0. The summed E-state index contributed by atoms with van der Waals surface area (Å²) in [5.41, 5.74) is 0.817. The van der Waals surface area contributed by atoms with Gasteiger partial charge in [0.25, 0.3) is 5.91 Å². The average molecular weight is 311 g/mol. The molecule has 1 amide bonds. The van der Waals surface area contributed by atoms with E-state index in [4.69, 9.17) is 20.8 Å². The van der Waals surface area contributed by atoms with Crippen LogP contribution < -0.4 is 0 Å². The summed E-state index contributed by atoms with van der Waals surface area (Å²) in [6.45, 7) is 0.989. The summed E-state index contributed by atoms with van der Waals surface area (Å²) in [6, 6.07) is 3.13. The summed E-state index contributed by atoms with van der Waals surface area (Å²) in [4.78, 5) is 14.1. The van der Waals surface area contributed by atoms with Gasteiger partial charge in [-0.05, 0) is 23.7 Å². The Balaban J connectivity index is 1.79. The summed E-state index contributed by atoms with van der Waals surface area (Å²) < 4.78 is 12.3. The molecule has 3 rings (SSSR count). The Bertz CT molecular complexity index is 653. The van der Waals surface area contributed by atoms with Crippen LogP contribution in [0.3, 0.4) is 0 Å². The lowest BCUT2D eigenvalue weighted by Gasteiger charge is -2.13. The van der Waals surface area contributed by atoms with Crippen molar-refractivity contribution in [1.29, 1.82) is 0 Å². The van der Waals surface area contributed by atoms with Crippen molar-refractivity contribution in [2.75, 3.05) is 20.2 Å². The van der Waals surface area contributed by atoms with Gasteiger partial charge in [0, 0.05) is 33.4 Å². The van der Waals surface area contributed by atoms with Crippen molar-refractivity contribution in [2.45, 2.75) is 12.0 Å². The quantitative estimate of drug-likeness (QED) is 0.854. The lowest BCUT2D eigenvalue weighted by atomic mass is 10.0. The van der Waals surface area contributed by atoms with Gasteiger partial charge in [-0.3, -0.25) is 9.48 Å². The van der Waals surface area contributed by atoms with E-state index in [9.17, 15) is 4.79 Å². The monoisotopic (exact) mass is 310 g/mol. The Kier molecular flexibility index (Phi) is 3.69. The van der Waals surface area contributed by atoms with E-state index in [2.05, 4.69) is 10.3 Å². The topological polar surface area (TPSA) is 73.4 Å². The van der Waals surface area contributed by atoms with Crippen LogP contribution >= 0.6 is 11.6 Å². The lowest BCUT2D eigenvalue weighted by Crippen LogP contribution is -2.29. The van der Waals surface area contributed by atoms with E-state index >= 15 is 0 Å². The Labute approximate surface area is 126 Å². The fourth-order valence-corrected chi connectivity index (χ4v) is 2.73. The molecular formula is C13H15ClN4O3. The molecule has 7 nitrogen and oxygen atoms in total. The van der Waals surface area contributed by atoms with Gasteiger partial charge in [0.1, 0.15) is 0 Å². The fourth-order valence-electron chi connectivity index (χ4n) is 2.58. The van der Waals surface area contributed by atoms with Gasteiger partial charge in [0.15, 0.2) is 11.0 Å². The molecule has 2 aromatic rings. The largest absolute Gasteiger partial charge is 0.440 e. The standard InChI is InChI=1S/C13H15ClN4O3/c1-17-6-9(15-16-17)8-5-18(7-11(8)20-2)13(19)10-3-4-12(14)21-10/h3-4,6,8,11H,5,7H2,1-2H3/t8-,11+/m0/s1. The zero-order valence-corrected chi connectivity index (χ0v) is 12.4. The van der Waals surface area contributed by atoms with Gasteiger partial charge in [0.2, 0.25) is 0 Å². The Morgan fingerprint density at radius 3 is 2.86 bits per heavy atom. The molecule has 0 bridgehead atoms. The van der Waals surface area contributed by atoms with Crippen molar-refractivity contribution in [1.82, 2.24) is 19.9 Å². The maximum atomic E-state index is 12.4. The van der Waals surface area contributed by atoms with E-state index < -0.39 is 0 Å². The Hall–Kier alpha value is -1.86. The minimum absolute atomic E-state index is 0.00177. The van der Waals surface area contributed by atoms with Crippen LogP contribution in [0.2, 0.25) is 5.22 Å². The van der Waals surface area contributed by atoms with E-state index in [1.807, 2.05) is 6.20 Å². The van der Waals surface area contributed by atoms with Gasteiger partial charge in [-0.15, -0.1) is 5.10 Å². The molecule has 3 heterocycles. The van der Waals surface area contributed by atoms with Crippen molar-refractivity contribution in [3.8, 4) is 0 Å². The molecule has 0 aromatic carbocycles. The van der Waals surface area contributed by atoms with Crippen molar-refractivity contribution in [2.24, 2.45) is 7.05 Å². The fraction of sp³-hybridized carbons (Fsp3) is 0.462. The van der Waals surface area contributed by atoms with Crippen LogP contribution in [0.25, 0.3) is 0 Å². The van der Waals surface area contributed by atoms with Gasteiger partial charge in [0.05, 0.1) is 17.7 Å². The van der Waals surface area contributed by atoms with Crippen LogP contribution in [0, 0.1) is 0 Å². The van der Waals surface area contributed by atoms with E-state index in [1.165, 1.54) is 0 Å². The second-order valence-electron chi connectivity index (χ2n) is 5.01. The normalized spacial score (nSPS) is 22.0. The first-order valence-electron chi connectivity index (χ1n) is 6.52. The molecule has 0 saturated carbocycles. The number of ether oxygens (including phenoxy) is 1. The van der Waals surface area contributed by atoms with Crippen LogP contribution in [0.5, 0.6) is 0 Å². The molecule has 8 heteroatoms. The average Bonchev–Trinajstić information content (AvgIpc) is 3.16. The number of aryl methyl sites for hydroxylation is 1. The van der Waals surface area contributed by atoms with Crippen LogP contribution in [-0.2, 0) is 11.8 Å². The number of halogens is 1. The molecule has 0 unspecified atom stereocenters. The molecule has 1 saturated heterocycles. The van der Waals surface area contributed by atoms with Crippen LogP contribution in [0.15, 0.2) is 22.7 Å². The number of carbonyl (C=O) groups is 1. The number of furan rings is 1. The number of carbonyl (C=O) groups excluding carboxylic acids is 1. The second-order valence-corrected chi connectivity index (χ2v) is 5.38. The first kappa shape index (κ1) is 14.1. The number of hydrogen-bond acceptors (Lipinski definition) is 5. The summed E-state index contributed by atoms with van der Waals surface area (Å²) in [7, 11) is 3.44. The molecule has 2 aromatic heterocycles. The van der Waals surface area contributed by atoms with Crippen molar-refractivity contribution in [3.05, 3.63) is 35.0 Å². The molecule has 1 aliphatic rings. The first-order valence-corrected chi connectivity index (χ1v) is 6.90. The third-order valence-corrected chi connectivity index (χ3v) is 3.84. The number of likely N-dealkylation sites (tertiary alicyclic amines) is 1. The summed E-state index contributed by atoms with van der Waals surface area (Å²) in [5, 5.41) is 8.25. The highest BCUT2D eigenvalue weighted by Crippen LogP contribution is 2.29.